The fourth-order valence-corrected chi connectivity index (χ4v) is 2.86. The predicted molar refractivity (Wildman–Crippen MR) is 83.3 cm³/mol. The molecule has 0 saturated carbocycles. The number of rotatable bonds is 2. The van der Waals surface area contributed by atoms with Crippen LogP contribution in [0.2, 0.25) is 0 Å². The largest absolute Gasteiger partial charge is 0.379 e. The molecule has 1 aromatic heterocycles. The summed E-state index contributed by atoms with van der Waals surface area (Å²) in [5, 5.41) is 14.8. The van der Waals surface area contributed by atoms with Crippen molar-refractivity contribution in [3.05, 3.63) is 30.0 Å². The van der Waals surface area contributed by atoms with Crippen LogP contribution >= 0.6 is 0 Å². The molecule has 1 atom stereocenters. The smallest absolute Gasteiger partial charge is 0.273 e. The first-order chi connectivity index (χ1) is 11.2. The van der Waals surface area contributed by atoms with Crippen LogP contribution in [-0.4, -0.2) is 58.4 Å². The minimum Gasteiger partial charge on any atom is -0.379 e. The highest BCUT2D eigenvalue weighted by Gasteiger charge is 2.29. The van der Waals surface area contributed by atoms with Crippen LogP contribution in [0, 0.1) is 0 Å². The van der Waals surface area contributed by atoms with Crippen molar-refractivity contribution < 1.29 is 9.53 Å². The van der Waals surface area contributed by atoms with Crippen molar-refractivity contribution >= 4 is 17.4 Å². The summed E-state index contributed by atoms with van der Waals surface area (Å²) in [6.07, 6.45) is -0.210. The highest BCUT2D eigenvalue weighted by atomic mass is 16.5. The number of benzene rings is 1. The Labute approximate surface area is 132 Å². The van der Waals surface area contributed by atoms with Crippen LogP contribution in [0.25, 0.3) is 5.69 Å². The summed E-state index contributed by atoms with van der Waals surface area (Å²) in [4.78, 5) is 13.9. The molecule has 2 aromatic rings. The van der Waals surface area contributed by atoms with Gasteiger partial charge in [0.05, 0.1) is 24.6 Å². The number of fused-ring (bicyclic) bond motifs is 3. The standard InChI is InChI=1S/C14H17N7O2/c15-12(22)11-13-17-14(20-5-7-23-8-6-20)16-9-3-1-2-4-10(9)21(13)19-18-11/h1-4,14,16-17H,5-8H2,(H2,15,22). The van der Waals surface area contributed by atoms with Crippen LogP contribution in [0.1, 0.15) is 10.5 Å². The number of nitrogens with one attached hydrogen (secondary N) is 2. The van der Waals surface area contributed by atoms with Gasteiger partial charge in [0.1, 0.15) is 0 Å². The third kappa shape index (κ3) is 2.39. The van der Waals surface area contributed by atoms with E-state index in [1.54, 1.807) is 4.68 Å². The number of nitrogens with zero attached hydrogens (tertiary/aromatic N) is 4. The molecule has 9 nitrogen and oxygen atoms in total. The molecule has 0 bridgehead atoms. The van der Waals surface area contributed by atoms with E-state index in [-0.39, 0.29) is 12.0 Å². The summed E-state index contributed by atoms with van der Waals surface area (Å²) < 4.78 is 7.01. The lowest BCUT2D eigenvalue weighted by molar-refractivity contribution is 0.0270. The number of anilines is 2. The Balaban J connectivity index is 1.80. The Kier molecular flexibility index (Phi) is 3.36. The molecule has 0 radical (unpaired) electrons. The Bertz CT molecular complexity index is 738. The Morgan fingerprint density at radius 3 is 2.83 bits per heavy atom. The molecular formula is C14H17N7O2. The SMILES string of the molecule is NC(=O)c1nnn2c1NC(N1CCOCC1)Nc1ccccc1-2. The fourth-order valence-electron chi connectivity index (χ4n) is 2.86. The second kappa shape index (κ2) is 5.52. The van der Waals surface area contributed by atoms with Crippen molar-refractivity contribution in [3.63, 3.8) is 0 Å². The van der Waals surface area contributed by atoms with Gasteiger partial charge in [-0.25, -0.2) is 0 Å². The highest BCUT2D eigenvalue weighted by molar-refractivity contribution is 5.96. The minimum atomic E-state index is -0.612. The number of nitrogens with two attached hydrogens (primary N) is 1. The molecule has 2 aliphatic heterocycles. The van der Waals surface area contributed by atoms with Gasteiger partial charge in [0.25, 0.3) is 5.91 Å². The summed E-state index contributed by atoms with van der Waals surface area (Å²) in [5.41, 5.74) is 7.27. The first kappa shape index (κ1) is 14.0. The highest BCUT2D eigenvalue weighted by Crippen LogP contribution is 2.29. The monoisotopic (exact) mass is 315 g/mol. The molecule has 1 aromatic carbocycles. The van der Waals surface area contributed by atoms with Gasteiger partial charge in [-0.1, -0.05) is 17.3 Å². The lowest BCUT2D eigenvalue weighted by Crippen LogP contribution is -2.51. The molecule has 23 heavy (non-hydrogen) atoms. The van der Waals surface area contributed by atoms with Gasteiger partial charge in [-0.05, 0) is 12.1 Å². The number of morpholine rings is 1. The van der Waals surface area contributed by atoms with Crippen molar-refractivity contribution in [3.8, 4) is 5.69 Å². The van der Waals surface area contributed by atoms with E-state index in [0.29, 0.717) is 19.0 Å². The van der Waals surface area contributed by atoms with Gasteiger partial charge in [-0.3, -0.25) is 9.69 Å². The number of para-hydroxylation sites is 2. The number of carbonyl (C=O) groups excluding carboxylic acids is 1. The molecule has 4 N–H and O–H groups in total. The van der Waals surface area contributed by atoms with Gasteiger partial charge in [-0.15, -0.1) is 5.10 Å². The molecule has 9 heteroatoms. The maximum absolute atomic E-state index is 11.7. The van der Waals surface area contributed by atoms with Crippen molar-refractivity contribution in [2.75, 3.05) is 36.9 Å². The van der Waals surface area contributed by atoms with Gasteiger partial charge in [-0.2, -0.15) is 4.68 Å². The average Bonchev–Trinajstić information content (AvgIpc) is 2.92. The van der Waals surface area contributed by atoms with Gasteiger partial charge >= 0.3 is 0 Å². The molecule has 1 fully saturated rings. The molecule has 1 saturated heterocycles. The van der Waals surface area contributed by atoms with Crippen molar-refractivity contribution in [2.45, 2.75) is 6.29 Å². The van der Waals surface area contributed by atoms with Crippen LogP contribution in [0.3, 0.4) is 0 Å². The van der Waals surface area contributed by atoms with E-state index >= 15 is 0 Å². The predicted octanol–water partition coefficient (Wildman–Crippen LogP) is -0.181. The average molecular weight is 315 g/mol. The normalized spacial score (nSPS) is 20.6. The van der Waals surface area contributed by atoms with Crippen LogP contribution in [-0.2, 0) is 4.74 Å². The number of hydrogen-bond donors (Lipinski definition) is 3. The Morgan fingerprint density at radius 2 is 2.04 bits per heavy atom. The molecule has 1 amide bonds. The maximum Gasteiger partial charge on any atom is 0.273 e. The quantitative estimate of drug-likeness (QED) is 0.705. The molecule has 0 spiro atoms. The summed E-state index contributed by atoms with van der Waals surface area (Å²) in [5.74, 6) is -0.120. The second-order valence-corrected chi connectivity index (χ2v) is 5.42. The maximum atomic E-state index is 11.7. The van der Waals surface area contributed by atoms with E-state index in [2.05, 4.69) is 25.8 Å². The van der Waals surface area contributed by atoms with Crippen molar-refractivity contribution in [2.24, 2.45) is 5.73 Å². The number of amides is 1. The van der Waals surface area contributed by atoms with Crippen molar-refractivity contribution in [1.82, 2.24) is 19.9 Å². The van der Waals surface area contributed by atoms with Crippen LogP contribution < -0.4 is 16.4 Å². The van der Waals surface area contributed by atoms with E-state index in [9.17, 15) is 4.79 Å². The van der Waals surface area contributed by atoms with E-state index in [0.717, 1.165) is 24.5 Å². The Hall–Kier alpha value is -2.65. The third-order valence-corrected chi connectivity index (χ3v) is 4.01. The number of primary amides is 1. The number of aromatic nitrogens is 3. The van der Waals surface area contributed by atoms with Crippen molar-refractivity contribution in [1.29, 1.82) is 0 Å². The summed E-state index contributed by atoms with van der Waals surface area (Å²) in [6, 6.07) is 7.73. The van der Waals surface area contributed by atoms with E-state index in [1.165, 1.54) is 0 Å². The first-order valence-electron chi connectivity index (χ1n) is 7.44. The second-order valence-electron chi connectivity index (χ2n) is 5.42. The molecule has 4 rings (SSSR count). The third-order valence-electron chi connectivity index (χ3n) is 4.01. The molecule has 2 aliphatic rings. The zero-order valence-electron chi connectivity index (χ0n) is 12.4. The van der Waals surface area contributed by atoms with E-state index in [1.807, 2.05) is 24.3 Å². The summed E-state index contributed by atoms with van der Waals surface area (Å²) >= 11 is 0. The summed E-state index contributed by atoms with van der Waals surface area (Å²) in [6.45, 7) is 2.89. The minimum absolute atomic E-state index is 0.127. The molecular weight excluding hydrogens is 298 g/mol. The zero-order chi connectivity index (χ0) is 15.8. The number of hydrogen-bond acceptors (Lipinski definition) is 7. The molecule has 0 aliphatic carbocycles. The van der Waals surface area contributed by atoms with Gasteiger partial charge < -0.3 is 21.1 Å². The van der Waals surface area contributed by atoms with Crippen LogP contribution in [0.15, 0.2) is 24.3 Å². The molecule has 1 unspecified atom stereocenters. The molecule has 120 valence electrons. The van der Waals surface area contributed by atoms with Gasteiger partial charge in [0.2, 0.25) is 0 Å². The van der Waals surface area contributed by atoms with Crippen LogP contribution in [0.5, 0.6) is 0 Å². The first-order valence-corrected chi connectivity index (χ1v) is 7.44. The number of carbonyl (C=O) groups is 1. The Morgan fingerprint density at radius 1 is 1.26 bits per heavy atom. The lowest BCUT2D eigenvalue weighted by atomic mass is 10.2. The van der Waals surface area contributed by atoms with Crippen LogP contribution in [0.4, 0.5) is 11.5 Å². The fraction of sp³-hybridized carbons (Fsp3) is 0.357. The zero-order valence-corrected chi connectivity index (χ0v) is 12.4. The van der Waals surface area contributed by atoms with E-state index in [4.69, 9.17) is 10.5 Å². The van der Waals surface area contributed by atoms with Gasteiger partial charge in [0.15, 0.2) is 17.8 Å². The topological polar surface area (TPSA) is 110 Å². The van der Waals surface area contributed by atoms with Gasteiger partial charge in [0, 0.05) is 13.1 Å². The van der Waals surface area contributed by atoms with E-state index < -0.39 is 5.91 Å². The number of ether oxygens (including phenoxy) is 1. The summed E-state index contributed by atoms with van der Waals surface area (Å²) in [7, 11) is 0. The molecule has 3 heterocycles. The lowest BCUT2D eigenvalue weighted by Gasteiger charge is -2.35.